The predicted octanol–water partition coefficient (Wildman–Crippen LogP) is 8.50. The molecule has 0 unspecified atom stereocenters. The lowest BCUT2D eigenvalue weighted by Crippen LogP contribution is -2.44. The third kappa shape index (κ3) is 13.4. The van der Waals surface area contributed by atoms with Gasteiger partial charge < -0.3 is 15.0 Å². The van der Waals surface area contributed by atoms with E-state index in [1.54, 1.807) is 37.8 Å². The highest BCUT2D eigenvalue weighted by Crippen LogP contribution is 2.36. The molecule has 1 N–H and O–H groups in total. The fourth-order valence-electron chi connectivity index (χ4n) is 9.48. The summed E-state index contributed by atoms with van der Waals surface area (Å²) in [7, 11) is -8.52. The predicted molar refractivity (Wildman–Crippen MR) is 267 cm³/mol. The van der Waals surface area contributed by atoms with Crippen LogP contribution in [0.2, 0.25) is 0 Å². The largest absolute Gasteiger partial charge is 0.444 e. The summed E-state index contributed by atoms with van der Waals surface area (Å²) >= 11 is 0. The van der Waals surface area contributed by atoms with Gasteiger partial charge in [-0.05, 0) is 150 Å². The highest BCUT2D eigenvalue weighted by Gasteiger charge is 2.50. The van der Waals surface area contributed by atoms with Gasteiger partial charge in [0.25, 0.3) is 0 Å². The average Bonchev–Trinajstić information content (AvgIpc) is 3.86. The summed E-state index contributed by atoms with van der Waals surface area (Å²) in [4.78, 5) is 48.0. The number of hydrogen-bond acceptors (Lipinski definition) is 11. The standard InChI is InChI=1S/C29H34F3N3O5S.C24H26F3N3O3S/c1-18-23(31)16-26(35(18)41(38,39)22-8-6-21(30)7-9-22)27(36)10-5-20-15-25(33-17-24(20)32)19-11-13-34(14-12-19)28(37)40-29(2,3)4;1-15-20(26)13-23(30(15)34(32,33)19-5-3-18(25)4-6-19)24(31)7-2-17-12-22(29-14-21(17)27)16-8-10-28-11-9-16/h6-9,11,15,17-18,23,26H,5,10,12-14,16H2,1-4H3;3-6,8,12,14-15,20,23,28H,2,7,9-11,13H2,1H3/t18-,23+,26-;15-,20+,23-/m00/s1. The van der Waals surface area contributed by atoms with Crippen molar-refractivity contribution in [1.82, 2.24) is 28.8 Å². The Morgan fingerprint density at radius 2 is 1.12 bits per heavy atom. The topological polar surface area (TPSA) is 176 Å². The minimum Gasteiger partial charge on any atom is -0.444 e. The van der Waals surface area contributed by atoms with Crippen LogP contribution < -0.4 is 5.32 Å². The summed E-state index contributed by atoms with van der Waals surface area (Å²) < 4.78 is 145. The van der Waals surface area contributed by atoms with Crippen molar-refractivity contribution in [3.8, 4) is 0 Å². The van der Waals surface area contributed by atoms with Crippen molar-refractivity contribution in [2.75, 3.05) is 26.2 Å². The zero-order chi connectivity index (χ0) is 54.6. The zero-order valence-electron chi connectivity index (χ0n) is 42.1. The molecular formula is C53H60F6N6O8S2. The van der Waals surface area contributed by atoms with E-state index in [4.69, 9.17) is 4.74 Å². The van der Waals surface area contributed by atoms with E-state index in [0.29, 0.717) is 43.0 Å². The molecule has 404 valence electrons. The molecule has 6 atom stereocenters. The molecule has 4 aliphatic rings. The first kappa shape index (κ1) is 56.9. The highest BCUT2D eigenvalue weighted by atomic mass is 32.2. The second kappa shape index (κ2) is 23.6. The first-order valence-electron chi connectivity index (χ1n) is 24.6. The Labute approximate surface area is 433 Å². The number of carbonyl (C=O) groups is 3. The third-order valence-electron chi connectivity index (χ3n) is 13.6. The summed E-state index contributed by atoms with van der Waals surface area (Å²) in [6.07, 6.45) is 2.75. The number of amides is 1. The second-order valence-electron chi connectivity index (χ2n) is 19.9. The Kier molecular flexibility index (Phi) is 17.9. The van der Waals surface area contributed by atoms with Gasteiger partial charge in [-0.25, -0.2) is 48.0 Å². The van der Waals surface area contributed by atoms with Crippen LogP contribution in [0.3, 0.4) is 0 Å². The van der Waals surface area contributed by atoms with E-state index in [0.717, 1.165) is 93.6 Å². The fourth-order valence-corrected chi connectivity index (χ4v) is 13.1. The van der Waals surface area contributed by atoms with E-state index in [9.17, 15) is 57.6 Å². The molecule has 0 saturated carbocycles. The zero-order valence-corrected chi connectivity index (χ0v) is 43.8. The van der Waals surface area contributed by atoms with Gasteiger partial charge in [-0.3, -0.25) is 19.6 Å². The molecule has 2 fully saturated rings. The van der Waals surface area contributed by atoms with Crippen molar-refractivity contribution >= 4 is 48.9 Å². The van der Waals surface area contributed by atoms with Gasteiger partial charge in [-0.2, -0.15) is 8.61 Å². The maximum atomic E-state index is 14.7. The first-order chi connectivity index (χ1) is 35.3. The number of alkyl halides is 2. The molecule has 4 aliphatic heterocycles. The van der Waals surface area contributed by atoms with Crippen molar-refractivity contribution in [2.24, 2.45) is 0 Å². The Hall–Kier alpha value is -5.81. The van der Waals surface area contributed by atoms with Crippen LogP contribution in [0.4, 0.5) is 31.1 Å². The van der Waals surface area contributed by atoms with Crippen LogP contribution in [0.25, 0.3) is 11.1 Å². The van der Waals surface area contributed by atoms with E-state index in [1.807, 2.05) is 12.2 Å². The molecule has 0 radical (unpaired) electrons. The van der Waals surface area contributed by atoms with Crippen LogP contribution in [0.1, 0.15) is 95.7 Å². The molecule has 0 bridgehead atoms. The third-order valence-corrected chi connectivity index (χ3v) is 17.6. The lowest BCUT2D eigenvalue weighted by atomic mass is 9.99. The smallest absolute Gasteiger partial charge is 0.410 e. The average molecular weight is 1090 g/mol. The molecule has 6 heterocycles. The number of halogens is 6. The van der Waals surface area contributed by atoms with Gasteiger partial charge in [-0.15, -0.1) is 0 Å². The summed E-state index contributed by atoms with van der Waals surface area (Å²) in [6, 6.07) is 6.82. The number of pyridine rings is 2. The van der Waals surface area contributed by atoms with Gasteiger partial charge in [0.15, 0.2) is 11.6 Å². The normalized spacial score (nSPS) is 22.7. The molecular weight excluding hydrogens is 1030 g/mol. The van der Waals surface area contributed by atoms with Crippen LogP contribution in [0.15, 0.2) is 95.0 Å². The quantitative estimate of drug-likeness (QED) is 0.120. The lowest BCUT2D eigenvalue weighted by Gasteiger charge is -2.29. The van der Waals surface area contributed by atoms with Crippen LogP contribution in [0, 0.1) is 23.3 Å². The van der Waals surface area contributed by atoms with Gasteiger partial charge >= 0.3 is 6.09 Å². The van der Waals surface area contributed by atoms with E-state index in [1.165, 1.54) is 13.8 Å². The molecule has 1 amide bonds. The molecule has 14 nitrogen and oxygen atoms in total. The molecule has 2 aromatic carbocycles. The van der Waals surface area contributed by atoms with Crippen LogP contribution in [-0.4, -0.2) is 126 Å². The van der Waals surface area contributed by atoms with E-state index in [-0.39, 0.29) is 53.9 Å². The maximum absolute atomic E-state index is 14.7. The molecule has 2 aromatic heterocycles. The number of sulfonamides is 2. The number of aryl methyl sites for hydroxylation is 2. The lowest BCUT2D eigenvalue weighted by molar-refractivity contribution is -0.123. The molecule has 4 aromatic rings. The molecule has 22 heteroatoms. The van der Waals surface area contributed by atoms with Gasteiger partial charge in [0.1, 0.15) is 41.2 Å². The number of rotatable bonds is 14. The van der Waals surface area contributed by atoms with E-state index in [2.05, 4.69) is 15.3 Å². The Balaban J connectivity index is 0.000000222. The Morgan fingerprint density at radius 1 is 0.680 bits per heavy atom. The van der Waals surface area contributed by atoms with Gasteiger partial charge in [-0.1, -0.05) is 12.2 Å². The number of nitrogens with one attached hydrogen (secondary N) is 1. The summed E-state index contributed by atoms with van der Waals surface area (Å²) in [5, 5.41) is 3.19. The molecule has 75 heavy (non-hydrogen) atoms. The molecule has 0 aliphatic carbocycles. The SMILES string of the molecule is C[C@H]1[C@H](F)C[C@@H](C(=O)CCc2cc(C3=CCN(C(=O)OC(C)(C)C)CC3)ncc2F)N1S(=O)(=O)c1ccc(F)cc1.C[C@H]1[C@H](F)C[C@@H](C(=O)CCc2cc(C3=CCNCC3)ncc2F)N1S(=O)(=O)c1ccc(F)cc1. The van der Waals surface area contributed by atoms with Crippen LogP contribution in [-0.2, 0) is 47.2 Å². The van der Waals surface area contributed by atoms with Crippen molar-refractivity contribution in [1.29, 1.82) is 0 Å². The van der Waals surface area contributed by atoms with Gasteiger partial charge in [0.05, 0.1) is 57.7 Å². The maximum Gasteiger partial charge on any atom is 0.410 e. The van der Waals surface area contributed by atoms with E-state index < -0.39 is 103 Å². The number of ketones is 2. The number of Topliss-reactive ketones (excluding diaryl/α,β-unsaturated/α-hetero) is 2. The molecule has 0 spiro atoms. The fraction of sp³-hybridized carbons (Fsp3) is 0.453. The summed E-state index contributed by atoms with van der Waals surface area (Å²) in [5.74, 6) is -3.43. The number of benzene rings is 2. The van der Waals surface area contributed by atoms with Crippen molar-refractivity contribution in [3.63, 3.8) is 0 Å². The minimum absolute atomic E-state index is 0.0379. The first-order valence-corrected chi connectivity index (χ1v) is 27.5. The Morgan fingerprint density at radius 3 is 1.51 bits per heavy atom. The second-order valence-corrected chi connectivity index (χ2v) is 23.6. The van der Waals surface area contributed by atoms with Crippen LogP contribution in [0.5, 0.6) is 0 Å². The molecule has 2 saturated heterocycles. The number of carbonyl (C=O) groups excluding carboxylic acids is 3. The number of hydrogen-bond donors (Lipinski definition) is 1. The van der Waals surface area contributed by atoms with Gasteiger partial charge in [0, 0.05) is 45.3 Å². The monoisotopic (exact) mass is 1090 g/mol. The van der Waals surface area contributed by atoms with Crippen molar-refractivity contribution in [3.05, 3.63) is 131 Å². The Bertz CT molecular complexity index is 3050. The number of nitrogens with zero attached hydrogens (tertiary/aromatic N) is 5. The van der Waals surface area contributed by atoms with E-state index >= 15 is 0 Å². The number of ether oxygens (including phenoxy) is 1. The summed E-state index contributed by atoms with van der Waals surface area (Å²) in [6.45, 7) is 10.3. The van der Waals surface area contributed by atoms with Crippen molar-refractivity contribution < 1.29 is 62.3 Å². The highest BCUT2D eigenvalue weighted by molar-refractivity contribution is 7.89. The minimum atomic E-state index is -4.29. The molecule has 8 rings (SSSR count). The summed E-state index contributed by atoms with van der Waals surface area (Å²) in [5.41, 5.74) is 2.87. The van der Waals surface area contributed by atoms with Gasteiger partial charge in [0.2, 0.25) is 20.0 Å². The number of aromatic nitrogens is 2. The van der Waals surface area contributed by atoms with Crippen molar-refractivity contribution in [2.45, 2.75) is 138 Å². The van der Waals surface area contributed by atoms with Crippen LogP contribution >= 0.6 is 0 Å².